The first-order chi connectivity index (χ1) is 12.1. The van der Waals surface area contributed by atoms with Crippen LogP contribution in [0.2, 0.25) is 0 Å². The SMILES string of the molecule is CC[N+]1(C)CCCC(OCC(O)(c2ccccc2)c2ccccc2)C1. The van der Waals surface area contributed by atoms with E-state index in [4.69, 9.17) is 4.74 Å². The van der Waals surface area contributed by atoms with Crippen molar-refractivity contribution < 1.29 is 14.3 Å². The fourth-order valence-corrected chi connectivity index (χ4v) is 3.80. The Kier molecular flexibility index (Phi) is 5.57. The first kappa shape index (κ1) is 18.1. The van der Waals surface area contributed by atoms with E-state index in [0.29, 0.717) is 0 Å². The molecule has 3 rings (SSSR count). The van der Waals surface area contributed by atoms with Gasteiger partial charge in [-0.15, -0.1) is 0 Å². The minimum Gasteiger partial charge on any atom is -0.378 e. The molecule has 0 aromatic heterocycles. The third kappa shape index (κ3) is 4.12. The van der Waals surface area contributed by atoms with Crippen molar-refractivity contribution in [1.82, 2.24) is 0 Å². The van der Waals surface area contributed by atoms with E-state index in [1.54, 1.807) is 0 Å². The Morgan fingerprint density at radius 1 is 1.04 bits per heavy atom. The maximum absolute atomic E-state index is 11.5. The van der Waals surface area contributed by atoms with E-state index in [0.717, 1.165) is 35.1 Å². The van der Waals surface area contributed by atoms with Crippen LogP contribution >= 0.6 is 0 Å². The number of hydrogen-bond donors (Lipinski definition) is 1. The summed E-state index contributed by atoms with van der Waals surface area (Å²) in [5.41, 5.74) is 0.643. The first-order valence-electron chi connectivity index (χ1n) is 9.34. The summed E-state index contributed by atoms with van der Waals surface area (Å²) in [5.74, 6) is 0. The molecule has 3 nitrogen and oxygen atoms in total. The molecule has 25 heavy (non-hydrogen) atoms. The van der Waals surface area contributed by atoms with Crippen LogP contribution in [-0.4, -0.2) is 49.0 Å². The largest absolute Gasteiger partial charge is 0.378 e. The number of hydrogen-bond acceptors (Lipinski definition) is 2. The first-order valence-corrected chi connectivity index (χ1v) is 9.34. The molecule has 0 bridgehead atoms. The molecule has 0 radical (unpaired) electrons. The highest BCUT2D eigenvalue weighted by molar-refractivity contribution is 5.36. The van der Waals surface area contributed by atoms with Gasteiger partial charge in [0, 0.05) is 0 Å². The van der Waals surface area contributed by atoms with E-state index in [9.17, 15) is 5.11 Å². The topological polar surface area (TPSA) is 29.5 Å². The van der Waals surface area contributed by atoms with Gasteiger partial charge in [-0.2, -0.15) is 0 Å². The molecular formula is C22H30NO2+. The van der Waals surface area contributed by atoms with Gasteiger partial charge in [-0.25, -0.2) is 0 Å². The van der Waals surface area contributed by atoms with Crippen LogP contribution in [0.25, 0.3) is 0 Å². The average Bonchev–Trinajstić information content (AvgIpc) is 2.68. The molecule has 2 unspecified atom stereocenters. The summed E-state index contributed by atoms with van der Waals surface area (Å²) in [6.07, 6.45) is 2.47. The van der Waals surface area contributed by atoms with Crippen molar-refractivity contribution in [3.63, 3.8) is 0 Å². The van der Waals surface area contributed by atoms with Crippen LogP contribution in [0.1, 0.15) is 30.9 Å². The fourth-order valence-electron chi connectivity index (χ4n) is 3.80. The van der Waals surface area contributed by atoms with E-state index in [2.05, 4.69) is 14.0 Å². The molecule has 1 saturated heterocycles. The number of nitrogens with zero attached hydrogens (tertiary/aromatic N) is 1. The quantitative estimate of drug-likeness (QED) is 0.815. The normalized spacial score (nSPS) is 24.2. The van der Waals surface area contributed by atoms with E-state index in [-0.39, 0.29) is 12.7 Å². The molecule has 3 heteroatoms. The molecule has 1 aliphatic heterocycles. The molecule has 0 saturated carbocycles. The van der Waals surface area contributed by atoms with Crippen LogP contribution in [0.5, 0.6) is 0 Å². The van der Waals surface area contributed by atoms with Crippen molar-refractivity contribution >= 4 is 0 Å². The van der Waals surface area contributed by atoms with Crippen LogP contribution in [-0.2, 0) is 10.3 Å². The summed E-state index contributed by atoms with van der Waals surface area (Å²) in [5, 5.41) is 11.5. The van der Waals surface area contributed by atoms with Crippen LogP contribution in [0.15, 0.2) is 60.7 Å². The van der Waals surface area contributed by atoms with Crippen molar-refractivity contribution in [2.24, 2.45) is 0 Å². The van der Waals surface area contributed by atoms with Crippen molar-refractivity contribution in [2.45, 2.75) is 31.5 Å². The number of aliphatic hydroxyl groups is 1. The van der Waals surface area contributed by atoms with Gasteiger partial charge in [0.2, 0.25) is 0 Å². The van der Waals surface area contributed by atoms with Gasteiger partial charge in [-0.1, -0.05) is 60.7 Å². The maximum atomic E-state index is 11.5. The zero-order valence-electron chi connectivity index (χ0n) is 15.4. The number of likely N-dealkylation sites (tertiary alicyclic amines) is 1. The highest BCUT2D eigenvalue weighted by Gasteiger charge is 2.36. The van der Waals surface area contributed by atoms with Gasteiger partial charge in [-0.05, 0) is 30.9 Å². The predicted molar refractivity (Wildman–Crippen MR) is 101 cm³/mol. The van der Waals surface area contributed by atoms with Crippen LogP contribution in [0.3, 0.4) is 0 Å². The van der Waals surface area contributed by atoms with Crippen molar-refractivity contribution in [3.8, 4) is 0 Å². The van der Waals surface area contributed by atoms with E-state index < -0.39 is 5.60 Å². The summed E-state index contributed by atoms with van der Waals surface area (Å²) >= 11 is 0. The Hall–Kier alpha value is -1.68. The van der Waals surface area contributed by atoms with E-state index in [1.807, 2.05) is 60.7 Å². The van der Waals surface area contributed by atoms with Crippen molar-refractivity contribution in [2.75, 3.05) is 33.3 Å². The smallest absolute Gasteiger partial charge is 0.138 e. The van der Waals surface area contributed by atoms with E-state index >= 15 is 0 Å². The highest BCUT2D eigenvalue weighted by Crippen LogP contribution is 2.31. The van der Waals surface area contributed by atoms with Gasteiger partial charge in [0.15, 0.2) is 0 Å². The van der Waals surface area contributed by atoms with Gasteiger partial charge in [0.1, 0.15) is 18.2 Å². The van der Waals surface area contributed by atoms with Gasteiger partial charge < -0.3 is 14.3 Å². The summed E-state index contributed by atoms with van der Waals surface area (Å²) in [4.78, 5) is 0. The summed E-state index contributed by atoms with van der Waals surface area (Å²) < 4.78 is 7.34. The second-order valence-corrected chi connectivity index (χ2v) is 7.51. The molecule has 2 aromatic rings. The monoisotopic (exact) mass is 340 g/mol. The lowest BCUT2D eigenvalue weighted by atomic mass is 9.87. The Labute approximate surface area is 151 Å². The number of quaternary nitrogens is 1. The molecule has 2 atom stereocenters. The van der Waals surface area contributed by atoms with Crippen molar-refractivity contribution in [1.29, 1.82) is 0 Å². The number of ether oxygens (including phenoxy) is 1. The molecule has 1 aliphatic rings. The molecule has 0 amide bonds. The molecular weight excluding hydrogens is 310 g/mol. The maximum Gasteiger partial charge on any atom is 0.138 e. The minimum atomic E-state index is -1.12. The van der Waals surface area contributed by atoms with Gasteiger partial charge >= 0.3 is 0 Å². The summed E-state index contributed by atoms with van der Waals surface area (Å²) in [6, 6.07) is 19.7. The van der Waals surface area contributed by atoms with Crippen LogP contribution < -0.4 is 0 Å². The highest BCUT2D eigenvalue weighted by atomic mass is 16.5. The fraction of sp³-hybridized carbons (Fsp3) is 0.455. The van der Waals surface area contributed by atoms with Crippen LogP contribution in [0, 0.1) is 0 Å². The third-order valence-electron chi connectivity index (χ3n) is 5.66. The Morgan fingerprint density at radius 3 is 2.12 bits per heavy atom. The Morgan fingerprint density at radius 2 is 1.60 bits per heavy atom. The molecule has 1 N–H and O–H groups in total. The minimum absolute atomic E-state index is 0.206. The number of likely N-dealkylation sites (N-methyl/N-ethyl adjacent to an activating group) is 1. The number of piperidine rings is 1. The third-order valence-corrected chi connectivity index (χ3v) is 5.66. The van der Waals surface area contributed by atoms with E-state index in [1.165, 1.54) is 13.0 Å². The number of benzene rings is 2. The lowest BCUT2D eigenvalue weighted by Gasteiger charge is -2.41. The average molecular weight is 340 g/mol. The van der Waals surface area contributed by atoms with Gasteiger partial charge in [0.05, 0.1) is 26.7 Å². The summed E-state index contributed by atoms with van der Waals surface area (Å²) in [7, 11) is 2.30. The lowest BCUT2D eigenvalue weighted by molar-refractivity contribution is -0.915. The predicted octanol–water partition coefficient (Wildman–Crippen LogP) is 3.57. The molecule has 134 valence electrons. The van der Waals surface area contributed by atoms with Gasteiger partial charge in [-0.3, -0.25) is 0 Å². The van der Waals surface area contributed by atoms with Crippen LogP contribution in [0.4, 0.5) is 0 Å². The standard InChI is InChI=1S/C22H30NO2/c1-3-23(2)16-10-15-21(17-23)25-18-22(24,19-11-6-4-7-12-19)20-13-8-5-9-14-20/h4-9,11-14,21,24H,3,10,15-18H2,1-2H3/q+1. The second kappa shape index (κ2) is 7.69. The van der Waals surface area contributed by atoms with Crippen molar-refractivity contribution in [3.05, 3.63) is 71.8 Å². The second-order valence-electron chi connectivity index (χ2n) is 7.51. The Balaban J connectivity index is 1.80. The molecule has 0 spiro atoms. The molecule has 1 heterocycles. The van der Waals surface area contributed by atoms with Gasteiger partial charge in [0.25, 0.3) is 0 Å². The summed E-state index contributed by atoms with van der Waals surface area (Å²) in [6.45, 7) is 5.90. The number of rotatable bonds is 6. The zero-order valence-corrected chi connectivity index (χ0v) is 15.4. The molecule has 2 aromatic carbocycles. The molecule has 0 aliphatic carbocycles. The molecule has 1 fully saturated rings. The lowest BCUT2D eigenvalue weighted by Crippen LogP contribution is -2.53. The zero-order chi connectivity index (χ0) is 17.8. The Bertz CT molecular complexity index is 619.